The van der Waals surface area contributed by atoms with Gasteiger partial charge in [-0.05, 0) is 31.5 Å². The molecule has 1 rings (SSSR count). The lowest BCUT2D eigenvalue weighted by molar-refractivity contribution is 0.411. The van der Waals surface area contributed by atoms with Crippen LogP contribution >= 0.6 is 11.6 Å². The van der Waals surface area contributed by atoms with E-state index in [1.54, 1.807) is 7.11 Å². The van der Waals surface area contributed by atoms with Crippen molar-refractivity contribution < 1.29 is 4.74 Å². The summed E-state index contributed by atoms with van der Waals surface area (Å²) < 4.78 is 5.41. The lowest BCUT2D eigenvalue weighted by Gasteiger charge is -2.28. The van der Waals surface area contributed by atoms with Crippen LogP contribution in [0.4, 0.5) is 5.69 Å². The van der Waals surface area contributed by atoms with E-state index in [0.717, 1.165) is 17.0 Å². The minimum Gasteiger partial charge on any atom is -0.494 e. The van der Waals surface area contributed by atoms with Gasteiger partial charge in [0.15, 0.2) is 0 Å². The summed E-state index contributed by atoms with van der Waals surface area (Å²) in [6.45, 7) is 4.63. The standard InChI is InChI=1S/C12H19ClN2O/c1-8-5-10(13)6-11(12(8)16-4)15(3)9(2)7-14/h5-6,9H,7,14H2,1-4H3. The molecule has 0 saturated carbocycles. The summed E-state index contributed by atoms with van der Waals surface area (Å²) >= 11 is 6.06. The number of nitrogens with two attached hydrogens (primary N) is 1. The Labute approximate surface area is 102 Å². The Balaban J connectivity index is 3.20. The molecule has 0 radical (unpaired) electrons. The summed E-state index contributed by atoms with van der Waals surface area (Å²) in [5, 5.41) is 0.712. The zero-order valence-electron chi connectivity index (χ0n) is 10.2. The number of rotatable bonds is 4. The highest BCUT2D eigenvalue weighted by atomic mass is 35.5. The van der Waals surface area contributed by atoms with Crippen molar-refractivity contribution in [3.63, 3.8) is 0 Å². The summed E-state index contributed by atoms with van der Waals surface area (Å²) in [6.07, 6.45) is 0. The first-order valence-electron chi connectivity index (χ1n) is 5.28. The van der Waals surface area contributed by atoms with Crippen LogP contribution in [0.3, 0.4) is 0 Å². The van der Waals surface area contributed by atoms with Crippen LogP contribution in [-0.4, -0.2) is 26.7 Å². The molecular weight excluding hydrogens is 224 g/mol. The normalized spacial score (nSPS) is 12.4. The van der Waals surface area contributed by atoms with E-state index in [4.69, 9.17) is 22.1 Å². The van der Waals surface area contributed by atoms with Crippen LogP contribution in [0.25, 0.3) is 0 Å². The molecule has 90 valence electrons. The number of methoxy groups -OCH3 is 1. The van der Waals surface area contributed by atoms with Crippen LogP contribution in [-0.2, 0) is 0 Å². The Morgan fingerprint density at radius 3 is 2.62 bits per heavy atom. The highest BCUT2D eigenvalue weighted by Crippen LogP contribution is 2.34. The first-order valence-corrected chi connectivity index (χ1v) is 5.66. The Bertz CT molecular complexity index is 368. The van der Waals surface area contributed by atoms with E-state index in [2.05, 4.69) is 11.8 Å². The molecule has 0 fully saturated rings. The predicted octanol–water partition coefficient (Wildman–Crippen LogP) is 2.44. The topological polar surface area (TPSA) is 38.5 Å². The molecule has 1 aromatic rings. The van der Waals surface area contributed by atoms with Crippen molar-refractivity contribution in [1.29, 1.82) is 0 Å². The largest absolute Gasteiger partial charge is 0.494 e. The average molecular weight is 243 g/mol. The molecule has 4 heteroatoms. The van der Waals surface area contributed by atoms with Crippen molar-refractivity contribution in [1.82, 2.24) is 0 Å². The molecular formula is C12H19ClN2O. The van der Waals surface area contributed by atoms with E-state index in [1.165, 1.54) is 0 Å². The van der Waals surface area contributed by atoms with E-state index in [-0.39, 0.29) is 6.04 Å². The Hall–Kier alpha value is -0.930. The fraction of sp³-hybridized carbons (Fsp3) is 0.500. The summed E-state index contributed by atoms with van der Waals surface area (Å²) in [4.78, 5) is 2.08. The molecule has 1 atom stereocenters. The predicted molar refractivity (Wildman–Crippen MR) is 69.7 cm³/mol. The van der Waals surface area contributed by atoms with Crippen molar-refractivity contribution in [2.45, 2.75) is 19.9 Å². The van der Waals surface area contributed by atoms with Gasteiger partial charge in [-0.15, -0.1) is 0 Å². The molecule has 0 aromatic heterocycles. The van der Waals surface area contributed by atoms with Gasteiger partial charge >= 0.3 is 0 Å². The minimum atomic E-state index is 0.242. The summed E-state index contributed by atoms with van der Waals surface area (Å²) in [5.74, 6) is 0.854. The second-order valence-electron chi connectivity index (χ2n) is 3.97. The number of ether oxygens (including phenoxy) is 1. The molecule has 1 unspecified atom stereocenters. The smallest absolute Gasteiger partial charge is 0.145 e. The number of hydrogen-bond donors (Lipinski definition) is 1. The molecule has 0 aliphatic carbocycles. The molecule has 2 N–H and O–H groups in total. The zero-order valence-corrected chi connectivity index (χ0v) is 11.0. The Morgan fingerprint density at radius 2 is 2.12 bits per heavy atom. The molecule has 0 spiro atoms. The lowest BCUT2D eigenvalue weighted by Crippen LogP contribution is -2.35. The molecule has 0 aliphatic heterocycles. The number of aryl methyl sites for hydroxylation is 1. The van der Waals surface area contributed by atoms with E-state index in [9.17, 15) is 0 Å². The Kier molecular flexibility index (Phi) is 4.44. The minimum absolute atomic E-state index is 0.242. The van der Waals surface area contributed by atoms with Gasteiger partial charge in [-0.2, -0.15) is 0 Å². The summed E-state index contributed by atoms with van der Waals surface area (Å²) in [6, 6.07) is 4.04. The van der Waals surface area contributed by atoms with Crippen molar-refractivity contribution in [3.05, 3.63) is 22.7 Å². The fourth-order valence-electron chi connectivity index (χ4n) is 1.64. The first kappa shape index (κ1) is 13.1. The van der Waals surface area contributed by atoms with Crippen LogP contribution < -0.4 is 15.4 Å². The number of benzene rings is 1. The average Bonchev–Trinajstić information content (AvgIpc) is 2.26. The molecule has 16 heavy (non-hydrogen) atoms. The molecule has 3 nitrogen and oxygen atoms in total. The van der Waals surface area contributed by atoms with Crippen LogP contribution in [0.15, 0.2) is 12.1 Å². The maximum atomic E-state index is 6.06. The molecule has 0 saturated heterocycles. The monoisotopic (exact) mass is 242 g/mol. The SMILES string of the molecule is COc1c(C)cc(Cl)cc1N(C)C(C)CN. The number of anilines is 1. The van der Waals surface area contributed by atoms with Crippen molar-refractivity contribution in [2.75, 3.05) is 25.6 Å². The summed E-state index contributed by atoms with van der Waals surface area (Å²) in [7, 11) is 3.66. The van der Waals surface area contributed by atoms with E-state index >= 15 is 0 Å². The first-order chi connectivity index (χ1) is 7.51. The lowest BCUT2D eigenvalue weighted by atomic mass is 10.1. The molecule has 1 aromatic carbocycles. The van der Waals surface area contributed by atoms with Gasteiger partial charge < -0.3 is 15.4 Å². The van der Waals surface area contributed by atoms with E-state index in [0.29, 0.717) is 11.6 Å². The zero-order chi connectivity index (χ0) is 12.3. The molecule has 0 bridgehead atoms. The highest BCUT2D eigenvalue weighted by Gasteiger charge is 2.15. The third kappa shape index (κ3) is 2.60. The second kappa shape index (κ2) is 5.41. The van der Waals surface area contributed by atoms with Crippen LogP contribution in [0, 0.1) is 6.92 Å². The van der Waals surface area contributed by atoms with Gasteiger partial charge in [0.05, 0.1) is 12.8 Å². The summed E-state index contributed by atoms with van der Waals surface area (Å²) in [5.41, 5.74) is 7.67. The van der Waals surface area contributed by atoms with E-state index < -0.39 is 0 Å². The fourth-order valence-corrected chi connectivity index (χ4v) is 1.90. The van der Waals surface area contributed by atoms with Crippen molar-refractivity contribution >= 4 is 17.3 Å². The van der Waals surface area contributed by atoms with Crippen LogP contribution in [0.2, 0.25) is 5.02 Å². The third-order valence-corrected chi connectivity index (χ3v) is 3.02. The Morgan fingerprint density at radius 1 is 1.50 bits per heavy atom. The van der Waals surface area contributed by atoms with Crippen LogP contribution in [0.5, 0.6) is 5.75 Å². The van der Waals surface area contributed by atoms with Gasteiger partial charge in [-0.1, -0.05) is 11.6 Å². The van der Waals surface area contributed by atoms with Gasteiger partial charge in [0.1, 0.15) is 5.75 Å². The van der Waals surface area contributed by atoms with Crippen LogP contribution in [0.1, 0.15) is 12.5 Å². The maximum Gasteiger partial charge on any atom is 0.145 e. The molecule has 0 heterocycles. The number of likely N-dealkylation sites (N-methyl/N-ethyl adjacent to an activating group) is 1. The number of nitrogens with zero attached hydrogens (tertiary/aromatic N) is 1. The van der Waals surface area contributed by atoms with Crippen molar-refractivity contribution in [2.24, 2.45) is 5.73 Å². The number of halogens is 1. The molecule has 0 amide bonds. The third-order valence-electron chi connectivity index (χ3n) is 2.81. The van der Waals surface area contributed by atoms with Gasteiger partial charge in [0, 0.05) is 24.7 Å². The van der Waals surface area contributed by atoms with Gasteiger partial charge in [-0.3, -0.25) is 0 Å². The van der Waals surface area contributed by atoms with Crippen molar-refractivity contribution in [3.8, 4) is 5.75 Å². The maximum absolute atomic E-state index is 6.06. The van der Waals surface area contributed by atoms with Gasteiger partial charge in [0.2, 0.25) is 0 Å². The quantitative estimate of drug-likeness (QED) is 0.882. The van der Waals surface area contributed by atoms with E-state index in [1.807, 2.05) is 26.1 Å². The second-order valence-corrected chi connectivity index (χ2v) is 4.41. The molecule has 0 aliphatic rings. The number of hydrogen-bond acceptors (Lipinski definition) is 3. The van der Waals surface area contributed by atoms with Gasteiger partial charge in [-0.25, -0.2) is 0 Å². The highest BCUT2D eigenvalue weighted by molar-refractivity contribution is 6.31. The van der Waals surface area contributed by atoms with Gasteiger partial charge in [0.25, 0.3) is 0 Å².